The van der Waals surface area contributed by atoms with Crippen LogP contribution in [0, 0.1) is 23.2 Å². The first-order valence-corrected chi connectivity index (χ1v) is 12.5. The van der Waals surface area contributed by atoms with Gasteiger partial charge in [-0.15, -0.1) is 11.3 Å². The molecule has 1 saturated heterocycles. The van der Waals surface area contributed by atoms with Crippen LogP contribution in [0.5, 0.6) is 0 Å². The van der Waals surface area contributed by atoms with Gasteiger partial charge in [-0.3, -0.25) is 9.69 Å². The molecule has 0 spiro atoms. The second-order valence-electron chi connectivity index (χ2n) is 9.71. The third-order valence-electron chi connectivity index (χ3n) is 6.83. The van der Waals surface area contributed by atoms with Crippen LogP contribution in [0.4, 0.5) is 23.0 Å². The molecule has 2 heterocycles. The predicted octanol–water partition coefficient (Wildman–Crippen LogP) is 2.68. The highest BCUT2D eigenvalue weighted by molar-refractivity contribution is 7.16. The Labute approximate surface area is 207 Å². The molecule has 1 aromatic rings. The zero-order valence-corrected chi connectivity index (χ0v) is 21.1. The number of halogens is 3. The maximum absolute atomic E-state index is 13.5. The molecule has 1 aliphatic carbocycles. The van der Waals surface area contributed by atoms with Crippen molar-refractivity contribution in [1.82, 2.24) is 20.0 Å². The Morgan fingerprint density at radius 2 is 2.00 bits per heavy atom. The normalized spacial score (nSPS) is 22.3. The second-order valence-corrected chi connectivity index (χ2v) is 10.8. The van der Waals surface area contributed by atoms with Gasteiger partial charge in [-0.1, -0.05) is 0 Å². The number of imide groups is 1. The Morgan fingerprint density at radius 3 is 2.63 bits per heavy atom. The molecule has 3 rings (SSSR count). The fraction of sp³-hybridized carbons (Fsp3) is 0.696. The first-order chi connectivity index (χ1) is 16.4. The van der Waals surface area contributed by atoms with E-state index in [0.29, 0.717) is 36.5 Å². The Morgan fingerprint density at radius 1 is 1.29 bits per heavy atom. The fourth-order valence-corrected chi connectivity index (χ4v) is 6.20. The molecule has 8 nitrogen and oxygen atoms in total. The van der Waals surface area contributed by atoms with Gasteiger partial charge in [0.2, 0.25) is 5.91 Å². The summed E-state index contributed by atoms with van der Waals surface area (Å²) in [6.45, 7) is 0.954. The van der Waals surface area contributed by atoms with Gasteiger partial charge in [-0.05, 0) is 58.3 Å². The van der Waals surface area contributed by atoms with E-state index in [2.05, 4.69) is 16.3 Å². The molecule has 3 N–H and O–H groups in total. The lowest BCUT2D eigenvalue weighted by Gasteiger charge is -2.45. The third-order valence-corrected chi connectivity index (χ3v) is 7.92. The van der Waals surface area contributed by atoms with E-state index < -0.39 is 30.5 Å². The maximum Gasteiger partial charge on any atom is 0.389 e. The lowest BCUT2D eigenvalue weighted by Crippen LogP contribution is -2.55. The summed E-state index contributed by atoms with van der Waals surface area (Å²) in [7, 11) is 5.59. The minimum Gasteiger partial charge on any atom is -0.389 e. The average Bonchev–Trinajstić information content (AvgIpc) is 3.07. The number of amides is 3. The number of piperidine rings is 1. The van der Waals surface area contributed by atoms with Gasteiger partial charge < -0.3 is 20.9 Å². The molecule has 3 atom stereocenters. The molecule has 2 aliphatic rings. The van der Waals surface area contributed by atoms with Crippen LogP contribution in [0.25, 0.3) is 0 Å². The number of hydrogen-bond donors (Lipinski definition) is 2. The highest BCUT2D eigenvalue weighted by Crippen LogP contribution is 2.43. The van der Waals surface area contributed by atoms with E-state index >= 15 is 0 Å². The Balaban J connectivity index is 1.74. The number of hydrogen-bond acceptors (Lipinski definition) is 7. The summed E-state index contributed by atoms with van der Waals surface area (Å²) in [5.41, 5.74) is 7.49. The smallest absolute Gasteiger partial charge is 0.389 e. The largest absolute Gasteiger partial charge is 0.389 e. The van der Waals surface area contributed by atoms with Crippen molar-refractivity contribution in [2.24, 2.45) is 11.8 Å². The molecule has 0 radical (unpaired) electrons. The van der Waals surface area contributed by atoms with Gasteiger partial charge in [0.25, 0.3) is 0 Å². The zero-order chi connectivity index (χ0) is 25.9. The SMILES string of the molecule is CN(C)CCNC(=O)N(CCCC(F)(F)F)C(=O)[C@@H]1C[C@@H]2Cc3c(sc(N)c3C#N)C[C@H]2N(C)C1. The van der Waals surface area contributed by atoms with E-state index in [1.165, 1.54) is 11.3 Å². The van der Waals surface area contributed by atoms with Crippen molar-refractivity contribution < 1.29 is 22.8 Å². The first kappa shape index (κ1) is 27.2. The number of nitrogens with one attached hydrogen (secondary N) is 1. The molecule has 35 heavy (non-hydrogen) atoms. The number of fused-ring (bicyclic) bond motifs is 2. The van der Waals surface area contributed by atoms with Crippen molar-refractivity contribution >= 4 is 28.3 Å². The molecule has 1 aromatic heterocycles. The molecule has 0 saturated carbocycles. The van der Waals surface area contributed by atoms with Gasteiger partial charge in [0, 0.05) is 43.5 Å². The van der Waals surface area contributed by atoms with Crippen LogP contribution in [0.2, 0.25) is 0 Å². The lowest BCUT2D eigenvalue weighted by molar-refractivity contribution is -0.141. The van der Waals surface area contributed by atoms with Crippen LogP contribution in [0.3, 0.4) is 0 Å². The number of likely N-dealkylation sites (tertiary alicyclic amines) is 1. The Kier molecular flexibility index (Phi) is 8.67. The standard InChI is InChI=1S/C23H33F3N6O2S/c1-30(2)8-6-29-22(34)32(7-4-5-23(24,25)26)21(33)15-9-14-10-16-17(12-27)20(28)35-19(16)11-18(14)31(3)13-15/h14-15,18H,4-11,13,28H2,1-3H3,(H,29,34)/t14-,15-,18-/m1/s1. The van der Waals surface area contributed by atoms with E-state index in [1.54, 1.807) is 0 Å². The molecule has 12 heteroatoms. The molecule has 0 bridgehead atoms. The number of rotatable bonds is 7. The molecular weight excluding hydrogens is 481 g/mol. The third kappa shape index (κ3) is 6.65. The van der Waals surface area contributed by atoms with E-state index in [9.17, 15) is 28.0 Å². The summed E-state index contributed by atoms with van der Waals surface area (Å²) in [6, 6.07) is 1.71. The quantitative estimate of drug-likeness (QED) is 0.580. The minimum absolute atomic E-state index is 0.0881. The molecule has 0 aromatic carbocycles. The van der Waals surface area contributed by atoms with Gasteiger partial charge in [0.05, 0.1) is 11.5 Å². The molecule has 3 amide bonds. The topological polar surface area (TPSA) is 106 Å². The lowest BCUT2D eigenvalue weighted by atomic mass is 9.74. The van der Waals surface area contributed by atoms with Crippen molar-refractivity contribution in [1.29, 1.82) is 5.26 Å². The number of nitriles is 1. The predicted molar refractivity (Wildman–Crippen MR) is 128 cm³/mol. The van der Waals surface area contributed by atoms with Crippen molar-refractivity contribution in [3.05, 3.63) is 16.0 Å². The molecule has 0 unspecified atom stereocenters. The summed E-state index contributed by atoms with van der Waals surface area (Å²) in [5, 5.41) is 12.7. The maximum atomic E-state index is 13.5. The Bertz CT molecular complexity index is 974. The molecule has 1 fully saturated rings. The number of urea groups is 1. The average molecular weight is 515 g/mol. The number of carbonyl (C=O) groups excluding carboxylic acids is 2. The molecule has 194 valence electrons. The van der Waals surface area contributed by atoms with Crippen molar-refractivity contribution in [3.8, 4) is 6.07 Å². The van der Waals surface area contributed by atoms with Crippen LogP contribution >= 0.6 is 11.3 Å². The van der Waals surface area contributed by atoms with E-state index in [4.69, 9.17) is 5.73 Å². The molecular formula is C23H33F3N6O2S. The van der Waals surface area contributed by atoms with Crippen molar-refractivity contribution in [3.63, 3.8) is 0 Å². The minimum atomic E-state index is -4.35. The number of anilines is 1. The summed E-state index contributed by atoms with van der Waals surface area (Å²) in [5.74, 6) is -0.879. The van der Waals surface area contributed by atoms with Crippen LogP contribution in [0.1, 0.15) is 35.3 Å². The van der Waals surface area contributed by atoms with Crippen molar-refractivity contribution in [2.75, 3.05) is 53.1 Å². The molecule has 1 aliphatic heterocycles. The van der Waals surface area contributed by atoms with E-state index in [0.717, 1.165) is 21.8 Å². The number of carbonyl (C=O) groups is 2. The Hall–Kier alpha value is -2.36. The number of alkyl halides is 3. The fourth-order valence-electron chi connectivity index (χ4n) is 5.10. The van der Waals surface area contributed by atoms with Gasteiger partial charge in [0.1, 0.15) is 11.1 Å². The zero-order valence-electron chi connectivity index (χ0n) is 20.3. The van der Waals surface area contributed by atoms with Crippen LogP contribution < -0.4 is 11.1 Å². The monoisotopic (exact) mass is 514 g/mol. The number of nitrogens with zero attached hydrogens (tertiary/aromatic N) is 4. The number of nitrogens with two attached hydrogens (primary N) is 1. The van der Waals surface area contributed by atoms with Gasteiger partial charge in [-0.2, -0.15) is 18.4 Å². The highest BCUT2D eigenvalue weighted by Gasteiger charge is 2.43. The van der Waals surface area contributed by atoms with E-state index in [1.807, 2.05) is 26.0 Å². The van der Waals surface area contributed by atoms with Crippen molar-refractivity contribution in [2.45, 2.75) is 44.3 Å². The van der Waals surface area contributed by atoms with Crippen LogP contribution in [0.15, 0.2) is 0 Å². The van der Waals surface area contributed by atoms with Crippen LogP contribution in [-0.4, -0.2) is 86.2 Å². The number of nitrogen functional groups attached to an aromatic ring is 1. The first-order valence-electron chi connectivity index (χ1n) is 11.7. The van der Waals surface area contributed by atoms with Gasteiger partial charge in [-0.25, -0.2) is 4.79 Å². The summed E-state index contributed by atoms with van der Waals surface area (Å²) in [4.78, 5) is 32.3. The van der Waals surface area contributed by atoms with Crippen LogP contribution in [-0.2, 0) is 17.6 Å². The summed E-state index contributed by atoms with van der Waals surface area (Å²) in [6.07, 6.45) is -3.88. The second kappa shape index (κ2) is 11.1. The number of thiophene rings is 1. The summed E-state index contributed by atoms with van der Waals surface area (Å²) >= 11 is 1.44. The van der Waals surface area contributed by atoms with Gasteiger partial charge >= 0.3 is 12.2 Å². The highest BCUT2D eigenvalue weighted by atomic mass is 32.1. The van der Waals surface area contributed by atoms with E-state index in [-0.39, 0.29) is 31.5 Å². The van der Waals surface area contributed by atoms with Gasteiger partial charge in [0.15, 0.2) is 0 Å². The summed E-state index contributed by atoms with van der Waals surface area (Å²) < 4.78 is 38.2. The number of likely N-dealkylation sites (N-methyl/N-ethyl adjacent to an activating group) is 2.